The number of nitrogens with zero attached hydrogens (tertiary/aromatic N) is 2. The molecule has 0 saturated carbocycles. The van der Waals surface area contributed by atoms with Crippen LogP contribution < -0.4 is 15.4 Å². The average Bonchev–Trinajstić information content (AvgIpc) is 3.13. The number of hydrogen-bond acceptors (Lipinski definition) is 3. The number of guanidine groups is 1. The molecular formula is C18H28IN5O. The van der Waals surface area contributed by atoms with Crippen LogP contribution >= 0.6 is 24.0 Å². The van der Waals surface area contributed by atoms with Crippen molar-refractivity contribution in [2.24, 2.45) is 4.99 Å². The van der Waals surface area contributed by atoms with E-state index in [0.717, 1.165) is 36.9 Å². The molecule has 138 valence electrons. The fraction of sp³-hybridized carbons (Fsp3) is 0.444. The van der Waals surface area contributed by atoms with Crippen molar-refractivity contribution in [2.45, 2.75) is 32.7 Å². The van der Waals surface area contributed by atoms with Crippen LogP contribution in [0.4, 0.5) is 0 Å². The predicted octanol–water partition coefficient (Wildman–Crippen LogP) is 3.29. The molecule has 6 nitrogen and oxygen atoms in total. The number of aromatic amines is 1. The van der Waals surface area contributed by atoms with Crippen LogP contribution in [-0.2, 0) is 6.54 Å². The molecular weight excluding hydrogens is 429 g/mol. The van der Waals surface area contributed by atoms with Gasteiger partial charge in [0.25, 0.3) is 0 Å². The molecule has 0 aliphatic heterocycles. The van der Waals surface area contributed by atoms with Crippen LogP contribution in [-0.4, -0.2) is 36.4 Å². The molecule has 1 aromatic heterocycles. The van der Waals surface area contributed by atoms with Crippen molar-refractivity contribution in [3.63, 3.8) is 0 Å². The lowest BCUT2D eigenvalue weighted by molar-refractivity contribution is 0.414. The first-order chi connectivity index (χ1) is 11.7. The Morgan fingerprint density at radius 2 is 2.00 bits per heavy atom. The van der Waals surface area contributed by atoms with Crippen molar-refractivity contribution < 1.29 is 4.74 Å². The Balaban J connectivity index is 0.00000312. The van der Waals surface area contributed by atoms with Gasteiger partial charge in [0.05, 0.1) is 19.3 Å². The Hall–Kier alpha value is -1.77. The van der Waals surface area contributed by atoms with Crippen molar-refractivity contribution in [2.75, 3.05) is 20.2 Å². The van der Waals surface area contributed by atoms with Crippen LogP contribution in [0.5, 0.6) is 5.75 Å². The first-order valence-electron chi connectivity index (χ1n) is 8.37. The molecule has 1 unspecified atom stereocenters. The number of benzene rings is 1. The van der Waals surface area contributed by atoms with E-state index in [1.165, 1.54) is 5.56 Å². The second kappa shape index (κ2) is 11.7. The Labute approximate surface area is 166 Å². The summed E-state index contributed by atoms with van der Waals surface area (Å²) < 4.78 is 5.20. The molecule has 1 heterocycles. The molecule has 0 radical (unpaired) electrons. The summed E-state index contributed by atoms with van der Waals surface area (Å²) in [7, 11) is 1.69. The van der Waals surface area contributed by atoms with E-state index in [2.05, 4.69) is 51.8 Å². The lowest BCUT2D eigenvalue weighted by Crippen LogP contribution is -2.38. The summed E-state index contributed by atoms with van der Waals surface area (Å²) in [6.07, 6.45) is 2.77. The van der Waals surface area contributed by atoms with Crippen LogP contribution in [0.15, 0.2) is 41.5 Å². The minimum Gasteiger partial charge on any atom is -0.497 e. The average molecular weight is 457 g/mol. The maximum atomic E-state index is 5.20. The number of ether oxygens (including phenoxy) is 1. The fourth-order valence-corrected chi connectivity index (χ4v) is 2.38. The smallest absolute Gasteiger partial charge is 0.191 e. The zero-order valence-corrected chi connectivity index (χ0v) is 17.4. The third kappa shape index (κ3) is 7.33. The van der Waals surface area contributed by atoms with Gasteiger partial charge in [0.1, 0.15) is 5.75 Å². The van der Waals surface area contributed by atoms with Crippen molar-refractivity contribution in [3.05, 3.63) is 47.8 Å². The zero-order valence-electron chi connectivity index (χ0n) is 15.1. The first kappa shape index (κ1) is 21.3. The van der Waals surface area contributed by atoms with Crippen LogP contribution in [0.1, 0.15) is 37.4 Å². The topological polar surface area (TPSA) is 74.3 Å². The van der Waals surface area contributed by atoms with Crippen LogP contribution in [0.25, 0.3) is 0 Å². The molecule has 1 atom stereocenters. The van der Waals surface area contributed by atoms with Gasteiger partial charge in [0.2, 0.25) is 0 Å². The summed E-state index contributed by atoms with van der Waals surface area (Å²) >= 11 is 0. The molecule has 25 heavy (non-hydrogen) atoms. The minimum atomic E-state index is 0. The van der Waals surface area contributed by atoms with Crippen LogP contribution in [0, 0.1) is 0 Å². The van der Waals surface area contributed by atoms with Gasteiger partial charge in [-0.15, -0.1) is 24.0 Å². The van der Waals surface area contributed by atoms with E-state index in [4.69, 9.17) is 4.74 Å². The van der Waals surface area contributed by atoms with Gasteiger partial charge in [-0.05, 0) is 43.0 Å². The highest BCUT2D eigenvalue weighted by molar-refractivity contribution is 14.0. The Bertz CT molecular complexity index is 613. The molecule has 0 aliphatic carbocycles. The normalized spacial score (nSPS) is 12.2. The number of aromatic nitrogens is 2. The number of H-pyrrole nitrogens is 1. The number of nitrogens with one attached hydrogen (secondary N) is 3. The van der Waals surface area contributed by atoms with Gasteiger partial charge in [-0.1, -0.05) is 19.1 Å². The molecule has 0 amide bonds. The summed E-state index contributed by atoms with van der Waals surface area (Å²) in [5.74, 6) is 2.19. The maximum absolute atomic E-state index is 5.20. The fourth-order valence-electron chi connectivity index (χ4n) is 2.38. The number of rotatable bonds is 8. The highest BCUT2D eigenvalue weighted by Crippen LogP contribution is 2.21. The molecule has 0 fully saturated rings. The Morgan fingerprint density at radius 1 is 1.24 bits per heavy atom. The molecule has 0 saturated heterocycles. The molecule has 2 rings (SSSR count). The highest BCUT2D eigenvalue weighted by atomic mass is 127. The second-order valence-corrected chi connectivity index (χ2v) is 5.67. The standard InChI is InChI=1S/C18H27N5O.HI/c1-4-19-18(21-13-16-10-12-22-23-16)20-11-9-14(2)15-5-7-17(24-3)8-6-15;/h5-8,10,12,14H,4,9,11,13H2,1-3H3,(H,22,23)(H2,19,20,21);1H. The van der Waals surface area contributed by atoms with Crippen molar-refractivity contribution in [1.29, 1.82) is 0 Å². The summed E-state index contributed by atoms with van der Waals surface area (Å²) in [4.78, 5) is 4.55. The van der Waals surface area contributed by atoms with Gasteiger partial charge < -0.3 is 15.4 Å². The van der Waals surface area contributed by atoms with E-state index in [1.807, 2.05) is 18.2 Å². The van der Waals surface area contributed by atoms with E-state index in [-0.39, 0.29) is 24.0 Å². The van der Waals surface area contributed by atoms with Gasteiger partial charge in [0, 0.05) is 19.3 Å². The first-order valence-corrected chi connectivity index (χ1v) is 8.37. The molecule has 7 heteroatoms. The molecule has 1 aromatic carbocycles. The van der Waals surface area contributed by atoms with E-state index in [0.29, 0.717) is 12.5 Å². The number of aliphatic imine (C=N–C) groups is 1. The third-order valence-corrected chi connectivity index (χ3v) is 3.86. The zero-order chi connectivity index (χ0) is 17.2. The van der Waals surface area contributed by atoms with Gasteiger partial charge in [-0.3, -0.25) is 5.10 Å². The number of hydrogen-bond donors (Lipinski definition) is 3. The predicted molar refractivity (Wildman–Crippen MR) is 113 cm³/mol. The lowest BCUT2D eigenvalue weighted by atomic mass is 9.98. The Morgan fingerprint density at radius 3 is 2.60 bits per heavy atom. The van der Waals surface area contributed by atoms with Crippen molar-refractivity contribution in [1.82, 2.24) is 20.8 Å². The molecule has 0 spiro atoms. The summed E-state index contributed by atoms with van der Waals surface area (Å²) in [6, 6.07) is 10.2. The van der Waals surface area contributed by atoms with Crippen molar-refractivity contribution in [3.8, 4) is 5.75 Å². The number of halogens is 1. The second-order valence-electron chi connectivity index (χ2n) is 5.67. The SMILES string of the molecule is CCNC(=NCc1ccn[nH]1)NCCC(C)c1ccc(OC)cc1.I. The van der Waals surface area contributed by atoms with Crippen LogP contribution in [0.3, 0.4) is 0 Å². The van der Waals surface area contributed by atoms with Gasteiger partial charge in [-0.25, -0.2) is 4.99 Å². The molecule has 3 N–H and O–H groups in total. The highest BCUT2D eigenvalue weighted by Gasteiger charge is 2.06. The third-order valence-electron chi connectivity index (χ3n) is 3.86. The molecule has 0 bridgehead atoms. The minimum absolute atomic E-state index is 0. The summed E-state index contributed by atoms with van der Waals surface area (Å²) in [5, 5.41) is 13.5. The largest absolute Gasteiger partial charge is 0.497 e. The molecule has 0 aliphatic rings. The quantitative estimate of drug-likeness (QED) is 0.323. The summed E-state index contributed by atoms with van der Waals surface area (Å²) in [5.41, 5.74) is 2.32. The number of methoxy groups -OCH3 is 1. The van der Waals surface area contributed by atoms with E-state index in [9.17, 15) is 0 Å². The van der Waals surface area contributed by atoms with Gasteiger partial charge in [-0.2, -0.15) is 5.10 Å². The lowest BCUT2D eigenvalue weighted by Gasteiger charge is -2.15. The van der Waals surface area contributed by atoms with Crippen LogP contribution in [0.2, 0.25) is 0 Å². The maximum Gasteiger partial charge on any atom is 0.191 e. The van der Waals surface area contributed by atoms with E-state index >= 15 is 0 Å². The van der Waals surface area contributed by atoms with Gasteiger partial charge >= 0.3 is 0 Å². The molecule has 2 aromatic rings. The van der Waals surface area contributed by atoms with E-state index < -0.39 is 0 Å². The summed E-state index contributed by atoms with van der Waals surface area (Å²) in [6.45, 7) is 6.58. The van der Waals surface area contributed by atoms with Gasteiger partial charge in [0.15, 0.2) is 5.96 Å². The monoisotopic (exact) mass is 457 g/mol. The Kier molecular flexibility index (Phi) is 9.98. The van der Waals surface area contributed by atoms with E-state index in [1.54, 1.807) is 13.3 Å². The van der Waals surface area contributed by atoms with Crippen molar-refractivity contribution >= 4 is 29.9 Å².